The van der Waals surface area contributed by atoms with Crippen molar-refractivity contribution in [3.8, 4) is 0 Å². The molecule has 6 nitrogen and oxygen atoms in total. The SMILES string of the molecule is CN1CCOC(c2noc(C3CCCC3N)n2)C1. The lowest BCUT2D eigenvalue weighted by atomic mass is 10.1. The number of aromatic nitrogens is 2. The molecule has 0 radical (unpaired) electrons. The van der Waals surface area contributed by atoms with E-state index in [4.69, 9.17) is 15.0 Å². The Morgan fingerprint density at radius 3 is 3.00 bits per heavy atom. The van der Waals surface area contributed by atoms with Gasteiger partial charge in [0.2, 0.25) is 11.7 Å². The zero-order valence-corrected chi connectivity index (χ0v) is 10.7. The van der Waals surface area contributed by atoms with Crippen LogP contribution in [0.15, 0.2) is 4.52 Å². The molecule has 18 heavy (non-hydrogen) atoms. The lowest BCUT2D eigenvalue weighted by Crippen LogP contribution is -2.35. The summed E-state index contributed by atoms with van der Waals surface area (Å²) in [6.45, 7) is 2.48. The molecule has 6 heteroatoms. The van der Waals surface area contributed by atoms with Gasteiger partial charge in [0, 0.05) is 19.1 Å². The normalized spacial score (nSPS) is 34.0. The van der Waals surface area contributed by atoms with E-state index in [-0.39, 0.29) is 18.1 Å². The van der Waals surface area contributed by atoms with Crippen LogP contribution < -0.4 is 5.73 Å². The summed E-state index contributed by atoms with van der Waals surface area (Å²) in [5, 5.41) is 4.06. The van der Waals surface area contributed by atoms with E-state index in [1.54, 1.807) is 0 Å². The average Bonchev–Trinajstić information content (AvgIpc) is 2.97. The number of nitrogens with zero attached hydrogens (tertiary/aromatic N) is 3. The van der Waals surface area contributed by atoms with Gasteiger partial charge in [0.25, 0.3) is 0 Å². The first-order chi connectivity index (χ1) is 8.74. The van der Waals surface area contributed by atoms with Gasteiger partial charge in [0.05, 0.1) is 12.5 Å². The minimum absolute atomic E-state index is 0.0705. The highest BCUT2D eigenvalue weighted by Gasteiger charge is 2.32. The molecule has 3 atom stereocenters. The Balaban J connectivity index is 1.72. The maximum atomic E-state index is 6.05. The third-order valence-corrected chi connectivity index (χ3v) is 3.90. The first kappa shape index (κ1) is 12.1. The predicted octanol–water partition coefficient (Wildman–Crippen LogP) is 0.667. The van der Waals surface area contributed by atoms with Gasteiger partial charge in [-0.1, -0.05) is 11.6 Å². The van der Waals surface area contributed by atoms with Crippen molar-refractivity contribution in [3.63, 3.8) is 0 Å². The summed E-state index contributed by atoms with van der Waals surface area (Å²) in [5.74, 6) is 1.58. The van der Waals surface area contributed by atoms with Gasteiger partial charge < -0.3 is 19.9 Å². The van der Waals surface area contributed by atoms with Crippen molar-refractivity contribution in [3.05, 3.63) is 11.7 Å². The summed E-state index contributed by atoms with van der Waals surface area (Å²) in [4.78, 5) is 6.71. The largest absolute Gasteiger partial charge is 0.367 e. The molecule has 1 aromatic rings. The highest BCUT2D eigenvalue weighted by molar-refractivity contribution is 5.03. The molecule has 0 aromatic carbocycles. The van der Waals surface area contributed by atoms with Gasteiger partial charge in [-0.05, 0) is 19.9 Å². The number of hydrogen-bond donors (Lipinski definition) is 1. The fourth-order valence-corrected chi connectivity index (χ4v) is 2.76. The molecule has 3 unspecified atom stereocenters. The number of ether oxygens (including phenoxy) is 1. The Labute approximate surface area is 106 Å². The first-order valence-corrected chi connectivity index (χ1v) is 6.63. The quantitative estimate of drug-likeness (QED) is 0.833. The zero-order valence-electron chi connectivity index (χ0n) is 10.7. The van der Waals surface area contributed by atoms with Crippen molar-refractivity contribution >= 4 is 0 Å². The monoisotopic (exact) mass is 252 g/mol. The van der Waals surface area contributed by atoms with E-state index in [1.165, 1.54) is 0 Å². The van der Waals surface area contributed by atoms with Gasteiger partial charge >= 0.3 is 0 Å². The van der Waals surface area contributed by atoms with Crippen molar-refractivity contribution in [1.82, 2.24) is 15.0 Å². The van der Waals surface area contributed by atoms with E-state index >= 15 is 0 Å². The highest BCUT2D eigenvalue weighted by atomic mass is 16.5. The molecular formula is C12H20N4O2. The molecular weight excluding hydrogens is 232 g/mol. The molecule has 1 saturated carbocycles. The molecule has 1 aliphatic carbocycles. The third-order valence-electron chi connectivity index (χ3n) is 3.90. The second-order valence-electron chi connectivity index (χ2n) is 5.31. The van der Waals surface area contributed by atoms with Crippen LogP contribution in [0.25, 0.3) is 0 Å². The fourth-order valence-electron chi connectivity index (χ4n) is 2.76. The summed E-state index contributed by atoms with van der Waals surface area (Å²) in [6.07, 6.45) is 3.17. The van der Waals surface area contributed by atoms with Gasteiger partial charge in [-0.25, -0.2) is 0 Å². The average molecular weight is 252 g/mol. The predicted molar refractivity (Wildman–Crippen MR) is 65.1 cm³/mol. The van der Waals surface area contributed by atoms with Crippen molar-refractivity contribution in [1.29, 1.82) is 0 Å². The maximum Gasteiger partial charge on any atom is 0.231 e. The van der Waals surface area contributed by atoms with Gasteiger partial charge in [-0.15, -0.1) is 0 Å². The van der Waals surface area contributed by atoms with E-state index in [0.29, 0.717) is 18.3 Å². The molecule has 0 bridgehead atoms. The van der Waals surface area contributed by atoms with Gasteiger partial charge in [0.1, 0.15) is 6.10 Å². The minimum atomic E-state index is -0.0705. The molecule has 0 amide bonds. The number of hydrogen-bond acceptors (Lipinski definition) is 6. The minimum Gasteiger partial charge on any atom is -0.367 e. The maximum absolute atomic E-state index is 6.05. The summed E-state index contributed by atoms with van der Waals surface area (Å²) in [7, 11) is 2.07. The second kappa shape index (κ2) is 4.95. The fraction of sp³-hybridized carbons (Fsp3) is 0.833. The van der Waals surface area contributed by atoms with Crippen LogP contribution in [0.1, 0.15) is 43.0 Å². The Morgan fingerprint density at radius 1 is 1.39 bits per heavy atom. The van der Waals surface area contributed by atoms with E-state index in [2.05, 4.69) is 22.1 Å². The second-order valence-corrected chi connectivity index (χ2v) is 5.31. The van der Waals surface area contributed by atoms with Crippen molar-refractivity contribution < 1.29 is 9.26 Å². The molecule has 2 heterocycles. The van der Waals surface area contributed by atoms with Crippen LogP contribution in [-0.4, -0.2) is 47.8 Å². The molecule has 2 aliphatic rings. The Hall–Kier alpha value is -0.980. The van der Waals surface area contributed by atoms with Crippen molar-refractivity contribution in [2.24, 2.45) is 5.73 Å². The number of nitrogens with two attached hydrogens (primary N) is 1. The van der Waals surface area contributed by atoms with Crippen LogP contribution in [0, 0.1) is 0 Å². The number of morpholine rings is 1. The van der Waals surface area contributed by atoms with Crippen molar-refractivity contribution in [2.45, 2.75) is 37.3 Å². The summed E-state index contributed by atoms with van der Waals surface area (Å²) in [5.41, 5.74) is 6.05. The van der Waals surface area contributed by atoms with E-state index in [9.17, 15) is 0 Å². The lowest BCUT2D eigenvalue weighted by Gasteiger charge is -2.27. The standard InChI is InChI=1S/C12H20N4O2/c1-16-5-6-17-10(7-16)11-14-12(18-15-11)8-3-2-4-9(8)13/h8-10H,2-7,13H2,1H3. The van der Waals surface area contributed by atoms with E-state index in [0.717, 1.165) is 32.4 Å². The first-order valence-electron chi connectivity index (χ1n) is 6.63. The van der Waals surface area contributed by atoms with Crippen molar-refractivity contribution in [2.75, 3.05) is 26.7 Å². The Bertz CT molecular complexity index is 409. The highest BCUT2D eigenvalue weighted by Crippen LogP contribution is 2.33. The van der Waals surface area contributed by atoms with E-state index in [1.807, 2.05) is 0 Å². The Morgan fingerprint density at radius 2 is 2.28 bits per heavy atom. The van der Waals surface area contributed by atoms with Crippen LogP contribution >= 0.6 is 0 Å². The molecule has 1 aromatic heterocycles. The van der Waals surface area contributed by atoms with Gasteiger partial charge in [0.15, 0.2) is 0 Å². The van der Waals surface area contributed by atoms with Crippen LogP contribution in [0.5, 0.6) is 0 Å². The van der Waals surface area contributed by atoms with Gasteiger partial charge in [-0.3, -0.25) is 0 Å². The van der Waals surface area contributed by atoms with Crippen LogP contribution in [0.4, 0.5) is 0 Å². The molecule has 1 aliphatic heterocycles. The summed E-state index contributed by atoms with van der Waals surface area (Å²) >= 11 is 0. The number of likely N-dealkylation sites (N-methyl/N-ethyl adjacent to an activating group) is 1. The van der Waals surface area contributed by atoms with Crippen LogP contribution in [-0.2, 0) is 4.74 Å². The third kappa shape index (κ3) is 2.28. The van der Waals surface area contributed by atoms with Gasteiger partial charge in [-0.2, -0.15) is 4.98 Å². The van der Waals surface area contributed by atoms with E-state index < -0.39 is 0 Å². The molecule has 2 fully saturated rings. The summed E-state index contributed by atoms with van der Waals surface area (Å²) in [6, 6.07) is 0.160. The topological polar surface area (TPSA) is 77.4 Å². The molecule has 1 saturated heterocycles. The smallest absolute Gasteiger partial charge is 0.231 e. The zero-order chi connectivity index (χ0) is 12.5. The van der Waals surface area contributed by atoms with Crippen LogP contribution in [0.2, 0.25) is 0 Å². The molecule has 2 N–H and O–H groups in total. The molecule has 100 valence electrons. The lowest BCUT2D eigenvalue weighted by molar-refractivity contribution is -0.0264. The summed E-state index contributed by atoms with van der Waals surface area (Å²) < 4.78 is 11.0. The molecule has 3 rings (SSSR count). The Kier molecular flexibility index (Phi) is 3.32. The van der Waals surface area contributed by atoms with Crippen LogP contribution in [0.3, 0.4) is 0 Å². The molecule has 0 spiro atoms. The number of rotatable bonds is 2.